The molecule has 3 heterocycles. The maximum Gasteiger partial charge on any atom is 0.274 e. The SMILES string of the molecule is COC[C@H]1C[C@]2(c3cc(NC(=O)c4ccc(C#N)cn4)ccc3F)N=C(N)SC[C@@H]2CO1. The molecule has 10 heteroatoms. The highest BCUT2D eigenvalue weighted by Crippen LogP contribution is 2.48. The summed E-state index contributed by atoms with van der Waals surface area (Å²) in [6.07, 6.45) is 1.48. The van der Waals surface area contributed by atoms with Crippen LogP contribution in [0.2, 0.25) is 0 Å². The minimum absolute atomic E-state index is 0.0754. The maximum atomic E-state index is 15.2. The van der Waals surface area contributed by atoms with Gasteiger partial charge < -0.3 is 20.5 Å². The topological polar surface area (TPSA) is 123 Å². The summed E-state index contributed by atoms with van der Waals surface area (Å²) < 4.78 is 26.3. The Balaban J connectivity index is 1.67. The lowest BCUT2D eigenvalue weighted by molar-refractivity contribution is -0.0812. The van der Waals surface area contributed by atoms with Crippen molar-refractivity contribution in [1.29, 1.82) is 5.26 Å². The summed E-state index contributed by atoms with van der Waals surface area (Å²) in [6, 6.07) is 9.34. The van der Waals surface area contributed by atoms with Gasteiger partial charge in [0.1, 0.15) is 17.6 Å². The largest absolute Gasteiger partial charge is 0.382 e. The van der Waals surface area contributed by atoms with Crippen LogP contribution in [0.25, 0.3) is 0 Å². The van der Waals surface area contributed by atoms with Gasteiger partial charge in [-0.25, -0.2) is 9.37 Å². The minimum atomic E-state index is -0.908. The van der Waals surface area contributed by atoms with Gasteiger partial charge in [0.15, 0.2) is 5.17 Å². The zero-order chi connectivity index (χ0) is 22.7. The number of aromatic nitrogens is 1. The number of amidine groups is 1. The first-order valence-corrected chi connectivity index (χ1v) is 11.0. The number of ether oxygens (including phenoxy) is 2. The molecule has 8 nitrogen and oxygen atoms in total. The number of hydrogen-bond donors (Lipinski definition) is 2. The molecule has 2 aromatic rings. The van der Waals surface area contributed by atoms with Gasteiger partial charge in [-0.15, -0.1) is 0 Å². The number of carbonyl (C=O) groups is 1. The number of hydrogen-bond acceptors (Lipinski definition) is 8. The third kappa shape index (κ3) is 4.32. The third-order valence-corrected chi connectivity index (χ3v) is 6.61. The fourth-order valence-electron chi connectivity index (χ4n) is 4.11. The number of nitrogens with two attached hydrogens (primary N) is 1. The van der Waals surface area contributed by atoms with Crippen molar-refractivity contribution in [3.8, 4) is 6.07 Å². The summed E-state index contributed by atoms with van der Waals surface area (Å²) in [5.41, 5.74) is 6.43. The number of halogens is 1. The average Bonchev–Trinajstić information content (AvgIpc) is 2.80. The summed E-state index contributed by atoms with van der Waals surface area (Å²) in [5, 5.41) is 12.0. The van der Waals surface area contributed by atoms with Crippen LogP contribution >= 0.6 is 11.8 Å². The van der Waals surface area contributed by atoms with E-state index in [1.165, 1.54) is 42.2 Å². The van der Waals surface area contributed by atoms with Gasteiger partial charge in [0, 0.05) is 42.6 Å². The van der Waals surface area contributed by atoms with Crippen LogP contribution in [0.3, 0.4) is 0 Å². The lowest BCUT2D eigenvalue weighted by atomic mass is 9.73. The van der Waals surface area contributed by atoms with Gasteiger partial charge in [-0.05, 0) is 30.3 Å². The number of thioether (sulfide) groups is 1. The van der Waals surface area contributed by atoms with Crippen LogP contribution in [-0.4, -0.2) is 48.2 Å². The predicted molar refractivity (Wildman–Crippen MR) is 119 cm³/mol. The summed E-state index contributed by atoms with van der Waals surface area (Å²) >= 11 is 1.43. The molecule has 1 fully saturated rings. The number of anilines is 1. The van der Waals surface area contributed by atoms with Gasteiger partial charge in [0.05, 0.1) is 30.4 Å². The van der Waals surface area contributed by atoms with E-state index < -0.39 is 17.3 Å². The lowest BCUT2D eigenvalue weighted by Crippen LogP contribution is -2.50. The van der Waals surface area contributed by atoms with Crippen molar-refractivity contribution in [2.45, 2.75) is 18.1 Å². The zero-order valence-electron chi connectivity index (χ0n) is 17.4. The Bertz CT molecular complexity index is 1090. The van der Waals surface area contributed by atoms with Gasteiger partial charge in [-0.3, -0.25) is 9.79 Å². The van der Waals surface area contributed by atoms with Gasteiger partial charge >= 0.3 is 0 Å². The summed E-state index contributed by atoms with van der Waals surface area (Å²) in [5.74, 6) is -0.313. The van der Waals surface area contributed by atoms with E-state index in [0.717, 1.165) is 0 Å². The van der Waals surface area contributed by atoms with E-state index in [2.05, 4.69) is 10.3 Å². The Morgan fingerprint density at radius 2 is 2.31 bits per heavy atom. The van der Waals surface area contributed by atoms with Crippen LogP contribution in [0.4, 0.5) is 10.1 Å². The highest BCUT2D eigenvalue weighted by Gasteiger charge is 2.49. The molecule has 0 spiro atoms. The van der Waals surface area contributed by atoms with Crippen molar-refractivity contribution in [2.75, 3.05) is 31.4 Å². The molecule has 3 atom stereocenters. The average molecular weight is 456 g/mol. The molecule has 0 radical (unpaired) electrons. The smallest absolute Gasteiger partial charge is 0.274 e. The molecule has 1 aromatic carbocycles. The minimum Gasteiger partial charge on any atom is -0.382 e. The molecule has 3 N–H and O–H groups in total. The van der Waals surface area contributed by atoms with Crippen molar-refractivity contribution < 1.29 is 18.7 Å². The van der Waals surface area contributed by atoms with E-state index in [1.807, 2.05) is 6.07 Å². The van der Waals surface area contributed by atoms with Crippen molar-refractivity contribution in [1.82, 2.24) is 4.98 Å². The number of fused-ring (bicyclic) bond motifs is 1. The Kier molecular flexibility index (Phi) is 6.41. The predicted octanol–water partition coefficient (Wildman–Crippen LogP) is 2.65. The van der Waals surface area contributed by atoms with Crippen LogP contribution in [-0.2, 0) is 15.0 Å². The second-order valence-corrected chi connectivity index (χ2v) is 8.73. The molecule has 0 unspecified atom stereocenters. The molecule has 1 amide bonds. The second-order valence-electron chi connectivity index (χ2n) is 7.69. The number of methoxy groups -OCH3 is 1. The number of carbonyl (C=O) groups excluding carboxylic acids is 1. The van der Waals surface area contributed by atoms with E-state index in [9.17, 15) is 4.79 Å². The van der Waals surface area contributed by atoms with E-state index >= 15 is 4.39 Å². The van der Waals surface area contributed by atoms with Gasteiger partial charge in [0.25, 0.3) is 5.91 Å². The fourth-order valence-corrected chi connectivity index (χ4v) is 5.08. The first-order valence-electron chi connectivity index (χ1n) is 10.0. The summed E-state index contributed by atoms with van der Waals surface area (Å²) in [6.45, 7) is 0.766. The maximum absolute atomic E-state index is 15.2. The van der Waals surface area contributed by atoms with Crippen molar-refractivity contribution in [3.05, 3.63) is 59.2 Å². The number of pyridine rings is 1. The summed E-state index contributed by atoms with van der Waals surface area (Å²) in [7, 11) is 1.59. The fraction of sp³-hybridized carbons (Fsp3) is 0.364. The van der Waals surface area contributed by atoms with Gasteiger partial charge in [-0.1, -0.05) is 11.8 Å². The van der Waals surface area contributed by atoms with E-state index in [4.69, 9.17) is 25.5 Å². The number of amides is 1. The molecule has 0 saturated carbocycles. The number of aliphatic imine (C=N–C) groups is 1. The Morgan fingerprint density at radius 1 is 1.47 bits per heavy atom. The molecular formula is C22H22FN5O3S. The van der Waals surface area contributed by atoms with Crippen molar-refractivity contribution in [2.24, 2.45) is 16.6 Å². The van der Waals surface area contributed by atoms with Crippen molar-refractivity contribution in [3.63, 3.8) is 0 Å². The van der Waals surface area contributed by atoms with Crippen LogP contribution in [0.1, 0.15) is 28.0 Å². The molecule has 1 aromatic heterocycles. The Hall–Kier alpha value is -3.00. The summed E-state index contributed by atoms with van der Waals surface area (Å²) in [4.78, 5) is 21.3. The Morgan fingerprint density at radius 3 is 3.03 bits per heavy atom. The number of nitrogens with zero attached hydrogens (tertiary/aromatic N) is 3. The molecule has 2 aliphatic heterocycles. The second kappa shape index (κ2) is 9.24. The van der Waals surface area contributed by atoms with E-state index in [-0.39, 0.29) is 17.7 Å². The molecule has 4 rings (SSSR count). The van der Waals surface area contributed by atoms with Crippen molar-refractivity contribution >= 4 is 28.5 Å². The highest BCUT2D eigenvalue weighted by atomic mass is 32.2. The molecular weight excluding hydrogens is 433 g/mol. The van der Waals surface area contributed by atoms with Crippen LogP contribution < -0.4 is 11.1 Å². The monoisotopic (exact) mass is 455 g/mol. The van der Waals surface area contributed by atoms with Gasteiger partial charge in [-0.2, -0.15) is 5.26 Å². The van der Waals surface area contributed by atoms with Crippen LogP contribution in [0, 0.1) is 23.1 Å². The number of rotatable bonds is 5. The Labute approximate surface area is 189 Å². The molecule has 1 saturated heterocycles. The molecule has 2 aliphatic rings. The highest BCUT2D eigenvalue weighted by molar-refractivity contribution is 8.13. The van der Waals surface area contributed by atoms with Crippen LogP contribution in [0.15, 0.2) is 41.5 Å². The van der Waals surface area contributed by atoms with Gasteiger partial charge in [0.2, 0.25) is 0 Å². The normalized spacial score (nSPS) is 24.7. The number of nitrogens with one attached hydrogen (secondary N) is 1. The molecule has 0 bridgehead atoms. The zero-order valence-corrected chi connectivity index (χ0v) is 18.2. The van der Waals surface area contributed by atoms with E-state index in [1.54, 1.807) is 13.2 Å². The lowest BCUT2D eigenvalue weighted by Gasteiger charge is -2.46. The quantitative estimate of drug-likeness (QED) is 0.711. The third-order valence-electron chi connectivity index (χ3n) is 5.66. The molecule has 0 aliphatic carbocycles. The standard InChI is InChI=1S/C22H22FN5O3S/c1-30-11-16-7-22(14(10-31-16)12-32-21(25)28-22)17-6-15(3-4-18(17)23)27-20(29)19-5-2-13(8-24)9-26-19/h2-6,9,14,16H,7,10-12H2,1H3,(H2,25,28)(H,27,29)/t14-,16+,22-/m0/s1. The van der Waals surface area contributed by atoms with Crippen LogP contribution in [0.5, 0.6) is 0 Å². The number of benzene rings is 1. The number of nitriles is 1. The molecule has 166 valence electrons. The first-order chi connectivity index (χ1) is 15.4. The molecule has 32 heavy (non-hydrogen) atoms. The van der Waals surface area contributed by atoms with E-state index in [0.29, 0.717) is 47.4 Å². The first kappa shape index (κ1) is 22.2.